The van der Waals surface area contributed by atoms with E-state index in [0.29, 0.717) is 12.5 Å². The van der Waals surface area contributed by atoms with E-state index in [1.807, 2.05) is 0 Å². The van der Waals surface area contributed by atoms with Gasteiger partial charge in [-0.15, -0.1) is 12.4 Å². The Labute approximate surface area is 85.7 Å². The number of rotatable bonds is 3. The molecule has 0 aromatic rings. The predicted octanol–water partition coefficient (Wildman–Crippen LogP) is 0.0848. The summed E-state index contributed by atoms with van der Waals surface area (Å²) in [6.45, 7) is 0.500. The molecule has 0 aliphatic heterocycles. The molecule has 2 unspecified atom stereocenters. The molecule has 1 aliphatic rings. The van der Waals surface area contributed by atoms with Crippen molar-refractivity contribution in [3.63, 3.8) is 0 Å². The molecule has 0 amide bonds. The summed E-state index contributed by atoms with van der Waals surface area (Å²) >= 11 is 0. The van der Waals surface area contributed by atoms with Crippen LogP contribution in [-0.4, -0.2) is 27.3 Å². The van der Waals surface area contributed by atoms with Crippen molar-refractivity contribution in [1.82, 2.24) is 4.72 Å². The summed E-state index contributed by atoms with van der Waals surface area (Å²) < 4.78 is 24.0. The van der Waals surface area contributed by atoms with E-state index in [1.54, 1.807) is 0 Å². The molecule has 13 heavy (non-hydrogen) atoms. The fourth-order valence-electron chi connectivity index (χ4n) is 1.58. The molecule has 1 saturated carbocycles. The molecule has 3 N–H and O–H groups in total. The van der Waals surface area contributed by atoms with Gasteiger partial charge in [-0.05, 0) is 18.8 Å². The van der Waals surface area contributed by atoms with Gasteiger partial charge < -0.3 is 5.73 Å². The third-order valence-corrected chi connectivity index (χ3v) is 3.02. The van der Waals surface area contributed by atoms with E-state index in [1.165, 1.54) is 6.26 Å². The molecule has 0 spiro atoms. The first-order valence-electron chi connectivity index (χ1n) is 4.19. The molecule has 80 valence electrons. The molecule has 0 heterocycles. The normalized spacial score (nSPS) is 28.5. The Kier molecular flexibility index (Phi) is 5.21. The van der Waals surface area contributed by atoms with Crippen LogP contribution >= 0.6 is 12.4 Å². The predicted molar refractivity (Wildman–Crippen MR) is 55.4 cm³/mol. The average Bonchev–Trinajstić information content (AvgIpc) is 2.29. The van der Waals surface area contributed by atoms with Crippen LogP contribution in [0.25, 0.3) is 0 Å². The Morgan fingerprint density at radius 3 is 2.46 bits per heavy atom. The second kappa shape index (κ2) is 5.14. The molecule has 1 rings (SSSR count). The summed E-state index contributed by atoms with van der Waals surface area (Å²) in [5.74, 6) is 0.333. The maximum absolute atomic E-state index is 10.7. The highest BCUT2D eigenvalue weighted by Gasteiger charge is 2.24. The molecular weight excluding hydrogens is 212 g/mol. The van der Waals surface area contributed by atoms with Gasteiger partial charge in [-0.25, -0.2) is 13.1 Å². The molecule has 0 aromatic carbocycles. The Morgan fingerprint density at radius 2 is 2.08 bits per heavy atom. The fraction of sp³-hybridized carbons (Fsp3) is 1.00. The first-order chi connectivity index (χ1) is 5.49. The van der Waals surface area contributed by atoms with Crippen molar-refractivity contribution in [2.75, 3.05) is 12.8 Å². The van der Waals surface area contributed by atoms with Crippen LogP contribution in [0.15, 0.2) is 0 Å². The van der Waals surface area contributed by atoms with Crippen LogP contribution in [0, 0.1) is 5.92 Å². The number of hydrogen-bond acceptors (Lipinski definition) is 3. The topological polar surface area (TPSA) is 72.2 Å². The number of nitrogens with one attached hydrogen (secondary N) is 1. The molecule has 0 radical (unpaired) electrons. The SMILES string of the molecule is CS(=O)(=O)NCC1CCCC1N.Cl. The summed E-state index contributed by atoms with van der Waals surface area (Å²) in [6.07, 6.45) is 4.37. The second-order valence-corrected chi connectivity index (χ2v) is 5.31. The van der Waals surface area contributed by atoms with Crippen molar-refractivity contribution in [2.24, 2.45) is 11.7 Å². The highest BCUT2D eigenvalue weighted by molar-refractivity contribution is 7.88. The summed E-state index contributed by atoms with van der Waals surface area (Å²) in [5, 5.41) is 0. The first kappa shape index (κ1) is 13.2. The molecule has 1 aliphatic carbocycles. The summed E-state index contributed by atoms with van der Waals surface area (Å²) in [5.41, 5.74) is 5.77. The zero-order valence-electron chi connectivity index (χ0n) is 7.69. The summed E-state index contributed by atoms with van der Waals surface area (Å²) in [6, 6.07) is 0.180. The van der Waals surface area contributed by atoms with Crippen LogP contribution in [-0.2, 0) is 10.0 Å². The van der Waals surface area contributed by atoms with Gasteiger partial charge in [0, 0.05) is 12.6 Å². The van der Waals surface area contributed by atoms with Gasteiger partial charge in [0.2, 0.25) is 10.0 Å². The minimum atomic E-state index is -3.04. The van der Waals surface area contributed by atoms with Crippen LogP contribution in [0.5, 0.6) is 0 Å². The van der Waals surface area contributed by atoms with Crippen LogP contribution in [0.3, 0.4) is 0 Å². The molecule has 6 heteroatoms. The highest BCUT2D eigenvalue weighted by Crippen LogP contribution is 2.22. The number of halogens is 1. The smallest absolute Gasteiger partial charge is 0.208 e. The van der Waals surface area contributed by atoms with E-state index in [4.69, 9.17) is 5.73 Å². The minimum absolute atomic E-state index is 0. The van der Waals surface area contributed by atoms with Crippen molar-refractivity contribution in [2.45, 2.75) is 25.3 Å². The van der Waals surface area contributed by atoms with Crippen molar-refractivity contribution >= 4 is 22.4 Å². The van der Waals surface area contributed by atoms with Crippen LogP contribution in [0.2, 0.25) is 0 Å². The zero-order valence-corrected chi connectivity index (χ0v) is 9.33. The van der Waals surface area contributed by atoms with E-state index in [0.717, 1.165) is 19.3 Å². The minimum Gasteiger partial charge on any atom is -0.327 e. The number of nitrogens with two attached hydrogens (primary N) is 1. The van der Waals surface area contributed by atoms with E-state index in [9.17, 15) is 8.42 Å². The van der Waals surface area contributed by atoms with Gasteiger partial charge in [-0.1, -0.05) is 6.42 Å². The van der Waals surface area contributed by atoms with E-state index >= 15 is 0 Å². The van der Waals surface area contributed by atoms with Crippen LogP contribution < -0.4 is 10.5 Å². The van der Waals surface area contributed by atoms with E-state index in [2.05, 4.69) is 4.72 Å². The lowest BCUT2D eigenvalue weighted by atomic mass is 10.1. The number of sulfonamides is 1. The Bertz CT molecular complexity index is 243. The first-order valence-corrected chi connectivity index (χ1v) is 6.08. The van der Waals surface area contributed by atoms with Crippen LogP contribution in [0.4, 0.5) is 0 Å². The van der Waals surface area contributed by atoms with E-state index < -0.39 is 10.0 Å². The number of hydrogen-bond donors (Lipinski definition) is 2. The Morgan fingerprint density at radius 1 is 1.46 bits per heavy atom. The monoisotopic (exact) mass is 228 g/mol. The average molecular weight is 229 g/mol. The third-order valence-electron chi connectivity index (χ3n) is 2.33. The van der Waals surface area contributed by atoms with Crippen molar-refractivity contribution in [3.8, 4) is 0 Å². The molecule has 2 atom stereocenters. The second-order valence-electron chi connectivity index (χ2n) is 3.48. The lowest BCUT2D eigenvalue weighted by Gasteiger charge is -2.14. The van der Waals surface area contributed by atoms with Gasteiger partial charge >= 0.3 is 0 Å². The maximum atomic E-state index is 10.7. The highest BCUT2D eigenvalue weighted by atomic mass is 35.5. The fourth-order valence-corrected chi connectivity index (χ4v) is 2.09. The van der Waals surface area contributed by atoms with Crippen molar-refractivity contribution < 1.29 is 8.42 Å². The molecule has 4 nitrogen and oxygen atoms in total. The summed E-state index contributed by atoms with van der Waals surface area (Å²) in [4.78, 5) is 0. The van der Waals surface area contributed by atoms with Gasteiger partial charge in [0.05, 0.1) is 6.26 Å². The zero-order chi connectivity index (χ0) is 9.19. The van der Waals surface area contributed by atoms with Gasteiger partial charge in [-0.2, -0.15) is 0 Å². The lowest BCUT2D eigenvalue weighted by molar-refractivity contribution is 0.470. The maximum Gasteiger partial charge on any atom is 0.208 e. The van der Waals surface area contributed by atoms with Gasteiger partial charge in [-0.3, -0.25) is 0 Å². The van der Waals surface area contributed by atoms with Gasteiger partial charge in [0.25, 0.3) is 0 Å². The van der Waals surface area contributed by atoms with Crippen molar-refractivity contribution in [1.29, 1.82) is 0 Å². The molecular formula is C7H17ClN2O2S. The van der Waals surface area contributed by atoms with E-state index in [-0.39, 0.29) is 18.4 Å². The Balaban J connectivity index is 0.00000144. The molecule has 0 saturated heterocycles. The molecule has 0 bridgehead atoms. The largest absolute Gasteiger partial charge is 0.327 e. The van der Waals surface area contributed by atoms with Gasteiger partial charge in [0.15, 0.2) is 0 Å². The third kappa shape index (κ3) is 4.81. The van der Waals surface area contributed by atoms with Crippen LogP contribution in [0.1, 0.15) is 19.3 Å². The molecule has 1 fully saturated rings. The Hall–Kier alpha value is 0.160. The van der Waals surface area contributed by atoms with Gasteiger partial charge in [0.1, 0.15) is 0 Å². The standard InChI is InChI=1S/C7H16N2O2S.ClH/c1-12(10,11)9-5-6-3-2-4-7(6)8;/h6-7,9H,2-5,8H2,1H3;1H. The molecule has 0 aromatic heterocycles. The lowest BCUT2D eigenvalue weighted by Crippen LogP contribution is -2.35. The van der Waals surface area contributed by atoms with Crippen molar-refractivity contribution in [3.05, 3.63) is 0 Å². The quantitative estimate of drug-likeness (QED) is 0.719. The summed E-state index contributed by atoms with van der Waals surface area (Å²) in [7, 11) is -3.04.